The summed E-state index contributed by atoms with van der Waals surface area (Å²) in [6.45, 7) is 0. The average molecular weight is 283 g/mol. The van der Waals surface area contributed by atoms with E-state index in [0.717, 1.165) is 5.69 Å². The van der Waals surface area contributed by atoms with E-state index in [9.17, 15) is 4.39 Å². The highest BCUT2D eigenvalue weighted by Gasteiger charge is 2.12. The minimum absolute atomic E-state index is 0.307. The molecule has 0 radical (unpaired) electrons. The minimum atomic E-state index is -0.307. The second-order valence-corrected chi connectivity index (χ2v) is 4.55. The monoisotopic (exact) mass is 283 g/mol. The Hall–Kier alpha value is -2.82. The average Bonchev–Trinajstić information content (AvgIpc) is 2.89. The molecular weight excluding hydrogens is 269 g/mol. The van der Waals surface area contributed by atoms with Crippen LogP contribution in [0.3, 0.4) is 0 Å². The van der Waals surface area contributed by atoms with E-state index in [1.54, 1.807) is 30.0 Å². The molecular formula is C16H14FN3O. The summed E-state index contributed by atoms with van der Waals surface area (Å²) < 4.78 is 20.2. The van der Waals surface area contributed by atoms with Gasteiger partial charge < -0.3 is 10.5 Å². The van der Waals surface area contributed by atoms with Gasteiger partial charge in [-0.1, -0.05) is 24.3 Å². The summed E-state index contributed by atoms with van der Waals surface area (Å²) in [6.07, 6.45) is 0. The summed E-state index contributed by atoms with van der Waals surface area (Å²) in [5, 5.41) is 4.44. The van der Waals surface area contributed by atoms with Crippen LogP contribution in [0.15, 0.2) is 54.6 Å². The van der Waals surface area contributed by atoms with E-state index in [2.05, 4.69) is 5.10 Å². The third-order valence-corrected chi connectivity index (χ3v) is 3.17. The molecule has 0 fully saturated rings. The molecule has 0 unspecified atom stereocenters. The molecule has 0 bridgehead atoms. The van der Waals surface area contributed by atoms with Gasteiger partial charge in [0.2, 0.25) is 0 Å². The fourth-order valence-electron chi connectivity index (χ4n) is 2.18. The van der Waals surface area contributed by atoms with Gasteiger partial charge in [0.1, 0.15) is 23.1 Å². The molecule has 0 aliphatic heterocycles. The Kier molecular flexibility index (Phi) is 3.31. The van der Waals surface area contributed by atoms with Gasteiger partial charge in [-0.05, 0) is 24.3 Å². The number of anilines is 1. The highest BCUT2D eigenvalue weighted by atomic mass is 19.1. The summed E-state index contributed by atoms with van der Waals surface area (Å²) in [6, 6.07) is 15.4. The molecule has 0 spiro atoms. The lowest BCUT2D eigenvalue weighted by atomic mass is 10.1. The number of aromatic nitrogens is 2. The van der Waals surface area contributed by atoms with E-state index in [0.29, 0.717) is 22.8 Å². The maximum atomic E-state index is 13.3. The molecule has 2 aromatic carbocycles. The standard InChI is InChI=1S/C16H14FN3O/c1-21-15-8-3-2-7-14(15)20-16(18)10-13(19-20)11-5-4-6-12(17)9-11/h2-10H,18H2,1H3. The van der Waals surface area contributed by atoms with Crippen molar-refractivity contribution in [3.8, 4) is 22.7 Å². The van der Waals surface area contributed by atoms with E-state index in [1.807, 2.05) is 24.3 Å². The lowest BCUT2D eigenvalue weighted by Crippen LogP contribution is -2.03. The van der Waals surface area contributed by atoms with Crippen LogP contribution in [-0.2, 0) is 0 Å². The lowest BCUT2D eigenvalue weighted by molar-refractivity contribution is 0.412. The second kappa shape index (κ2) is 5.28. The SMILES string of the molecule is COc1ccccc1-n1nc(-c2cccc(F)c2)cc1N. The van der Waals surface area contributed by atoms with Crippen LogP contribution in [0.25, 0.3) is 16.9 Å². The van der Waals surface area contributed by atoms with Crippen LogP contribution in [0, 0.1) is 5.82 Å². The third kappa shape index (κ3) is 2.45. The van der Waals surface area contributed by atoms with Crippen molar-refractivity contribution in [2.75, 3.05) is 12.8 Å². The van der Waals surface area contributed by atoms with Gasteiger partial charge in [0, 0.05) is 11.6 Å². The summed E-state index contributed by atoms with van der Waals surface area (Å²) in [5.74, 6) is 0.815. The number of benzene rings is 2. The van der Waals surface area contributed by atoms with Gasteiger partial charge in [-0.2, -0.15) is 5.10 Å². The second-order valence-electron chi connectivity index (χ2n) is 4.55. The number of halogens is 1. The molecule has 0 saturated heterocycles. The van der Waals surface area contributed by atoms with Crippen LogP contribution in [0.2, 0.25) is 0 Å². The molecule has 3 rings (SSSR count). The number of hydrogen-bond acceptors (Lipinski definition) is 3. The van der Waals surface area contributed by atoms with Gasteiger partial charge >= 0.3 is 0 Å². The van der Waals surface area contributed by atoms with Crippen LogP contribution in [0.4, 0.5) is 10.2 Å². The lowest BCUT2D eigenvalue weighted by Gasteiger charge is -2.09. The number of para-hydroxylation sites is 2. The van der Waals surface area contributed by atoms with Crippen molar-refractivity contribution in [2.45, 2.75) is 0 Å². The van der Waals surface area contributed by atoms with Crippen LogP contribution in [0.1, 0.15) is 0 Å². The zero-order valence-electron chi connectivity index (χ0n) is 11.5. The van der Waals surface area contributed by atoms with Crippen molar-refractivity contribution >= 4 is 5.82 Å². The Balaban J connectivity index is 2.10. The first-order chi connectivity index (χ1) is 10.2. The van der Waals surface area contributed by atoms with Gasteiger partial charge in [-0.25, -0.2) is 9.07 Å². The zero-order chi connectivity index (χ0) is 14.8. The predicted octanol–water partition coefficient (Wildman–Crippen LogP) is 3.27. The highest BCUT2D eigenvalue weighted by molar-refractivity contribution is 5.64. The van der Waals surface area contributed by atoms with Crippen molar-refractivity contribution in [1.29, 1.82) is 0 Å². The number of nitrogens with two attached hydrogens (primary N) is 1. The van der Waals surface area contributed by atoms with Crippen LogP contribution < -0.4 is 10.5 Å². The van der Waals surface area contributed by atoms with Crippen LogP contribution >= 0.6 is 0 Å². The quantitative estimate of drug-likeness (QED) is 0.802. The number of ether oxygens (including phenoxy) is 1. The largest absolute Gasteiger partial charge is 0.494 e. The van der Waals surface area contributed by atoms with E-state index in [1.165, 1.54) is 12.1 Å². The van der Waals surface area contributed by atoms with E-state index < -0.39 is 0 Å². The van der Waals surface area contributed by atoms with E-state index >= 15 is 0 Å². The minimum Gasteiger partial charge on any atom is -0.494 e. The third-order valence-electron chi connectivity index (χ3n) is 3.17. The topological polar surface area (TPSA) is 53.1 Å². The Morgan fingerprint density at radius 2 is 1.90 bits per heavy atom. The van der Waals surface area contributed by atoms with Crippen molar-refractivity contribution < 1.29 is 9.13 Å². The molecule has 4 nitrogen and oxygen atoms in total. The molecule has 1 heterocycles. The normalized spacial score (nSPS) is 10.6. The van der Waals surface area contributed by atoms with Gasteiger partial charge in [0.05, 0.1) is 12.8 Å². The first-order valence-corrected chi connectivity index (χ1v) is 6.44. The molecule has 0 amide bonds. The molecule has 0 aliphatic carbocycles. The van der Waals surface area contributed by atoms with Gasteiger partial charge in [-0.15, -0.1) is 0 Å². The van der Waals surface area contributed by atoms with Gasteiger partial charge in [0.15, 0.2) is 0 Å². The van der Waals surface area contributed by atoms with Gasteiger partial charge in [-0.3, -0.25) is 0 Å². The number of rotatable bonds is 3. The number of nitrogen functional groups attached to an aromatic ring is 1. The maximum absolute atomic E-state index is 13.3. The number of hydrogen-bond donors (Lipinski definition) is 1. The van der Waals surface area contributed by atoms with E-state index in [-0.39, 0.29) is 5.82 Å². The maximum Gasteiger partial charge on any atom is 0.144 e. The first-order valence-electron chi connectivity index (χ1n) is 6.44. The first kappa shape index (κ1) is 13.2. The van der Waals surface area contributed by atoms with Crippen molar-refractivity contribution in [3.05, 3.63) is 60.4 Å². The summed E-state index contributed by atoms with van der Waals surface area (Å²) in [5.41, 5.74) is 8.05. The molecule has 0 aliphatic rings. The molecule has 1 aromatic heterocycles. The zero-order valence-corrected chi connectivity index (χ0v) is 11.5. The summed E-state index contributed by atoms with van der Waals surface area (Å²) in [4.78, 5) is 0. The number of nitrogens with zero attached hydrogens (tertiary/aromatic N) is 2. The number of methoxy groups -OCH3 is 1. The van der Waals surface area contributed by atoms with E-state index in [4.69, 9.17) is 10.5 Å². The van der Waals surface area contributed by atoms with Crippen molar-refractivity contribution in [2.24, 2.45) is 0 Å². The Morgan fingerprint density at radius 1 is 1.10 bits per heavy atom. The van der Waals surface area contributed by atoms with Crippen LogP contribution in [-0.4, -0.2) is 16.9 Å². The smallest absolute Gasteiger partial charge is 0.144 e. The molecule has 0 atom stereocenters. The molecule has 106 valence electrons. The fourth-order valence-corrected chi connectivity index (χ4v) is 2.18. The molecule has 5 heteroatoms. The molecule has 2 N–H and O–H groups in total. The Labute approximate surface area is 121 Å². The Morgan fingerprint density at radius 3 is 2.67 bits per heavy atom. The van der Waals surface area contributed by atoms with Crippen molar-refractivity contribution in [1.82, 2.24) is 9.78 Å². The molecule has 3 aromatic rings. The van der Waals surface area contributed by atoms with Gasteiger partial charge in [0.25, 0.3) is 0 Å². The van der Waals surface area contributed by atoms with Crippen LogP contribution in [0.5, 0.6) is 5.75 Å². The summed E-state index contributed by atoms with van der Waals surface area (Å²) in [7, 11) is 1.59. The fraction of sp³-hybridized carbons (Fsp3) is 0.0625. The van der Waals surface area contributed by atoms with Crippen molar-refractivity contribution in [3.63, 3.8) is 0 Å². The molecule has 0 saturated carbocycles. The summed E-state index contributed by atoms with van der Waals surface area (Å²) >= 11 is 0. The highest BCUT2D eigenvalue weighted by Crippen LogP contribution is 2.27. The predicted molar refractivity (Wildman–Crippen MR) is 79.9 cm³/mol. The Bertz CT molecular complexity index is 783. The molecule has 21 heavy (non-hydrogen) atoms.